The van der Waals surface area contributed by atoms with Crippen molar-refractivity contribution in [3.8, 4) is 11.8 Å². The van der Waals surface area contributed by atoms with Crippen LogP contribution in [0.4, 0.5) is 10.1 Å². The third-order valence-corrected chi connectivity index (χ3v) is 3.95. The highest BCUT2D eigenvalue weighted by atomic mass is 79.9. The molecule has 0 saturated carbocycles. The predicted octanol–water partition coefficient (Wildman–Crippen LogP) is 3.35. The maximum atomic E-state index is 14.4. The Labute approximate surface area is 125 Å². The minimum absolute atomic E-state index is 0.145. The third kappa shape index (κ3) is 2.18. The Kier molecular flexibility index (Phi) is 4.09. The molecule has 1 aromatic heterocycles. The predicted molar refractivity (Wildman–Crippen MR) is 79.1 cm³/mol. The Balaban J connectivity index is 2.70. The molecule has 0 aliphatic heterocycles. The molecule has 104 valence electrons. The van der Waals surface area contributed by atoms with Gasteiger partial charge < -0.3 is 5.73 Å². The minimum atomic E-state index is -0.510. The first-order valence-corrected chi connectivity index (χ1v) is 7.09. The highest BCUT2D eigenvalue weighted by Crippen LogP contribution is 2.29. The van der Waals surface area contributed by atoms with Crippen molar-refractivity contribution in [3.05, 3.63) is 39.4 Å². The number of anilines is 1. The monoisotopic (exact) mass is 336 g/mol. The van der Waals surface area contributed by atoms with Gasteiger partial charge in [0.05, 0.1) is 27.1 Å². The molecule has 20 heavy (non-hydrogen) atoms. The number of nitrogens with two attached hydrogens (primary N) is 1. The van der Waals surface area contributed by atoms with Crippen LogP contribution in [0.1, 0.15) is 30.8 Å². The number of nitrogens with zero attached hydrogens (tertiary/aromatic N) is 3. The molecule has 0 unspecified atom stereocenters. The topological polar surface area (TPSA) is 67.6 Å². The van der Waals surface area contributed by atoms with Crippen LogP contribution in [0.25, 0.3) is 5.69 Å². The van der Waals surface area contributed by atoms with Crippen molar-refractivity contribution in [3.63, 3.8) is 0 Å². The van der Waals surface area contributed by atoms with E-state index in [1.165, 1.54) is 4.68 Å². The number of rotatable bonds is 3. The van der Waals surface area contributed by atoms with Crippen LogP contribution in [-0.4, -0.2) is 9.78 Å². The van der Waals surface area contributed by atoms with Crippen LogP contribution in [0, 0.1) is 17.1 Å². The number of benzene rings is 1. The van der Waals surface area contributed by atoms with Crippen LogP contribution in [0.5, 0.6) is 0 Å². The van der Waals surface area contributed by atoms with Crippen LogP contribution in [0.2, 0.25) is 0 Å². The fourth-order valence-corrected chi connectivity index (χ4v) is 2.53. The summed E-state index contributed by atoms with van der Waals surface area (Å²) in [7, 11) is 0. The molecule has 4 nitrogen and oxygen atoms in total. The Morgan fingerprint density at radius 3 is 2.65 bits per heavy atom. The van der Waals surface area contributed by atoms with E-state index >= 15 is 0 Å². The molecule has 1 aromatic carbocycles. The lowest BCUT2D eigenvalue weighted by atomic mass is 10.2. The largest absolute Gasteiger partial charge is 0.396 e. The standard InChI is InChI=1S/C14H14BrFN4/c1-3-9-14(18)10(4-2)20(19-9)11-6-5-8(7-17)12(15)13(11)16/h5-6H,3-4,18H2,1-2H3. The fourth-order valence-electron chi connectivity index (χ4n) is 2.11. The first-order chi connectivity index (χ1) is 9.54. The number of aromatic nitrogens is 2. The molecule has 0 spiro atoms. The van der Waals surface area contributed by atoms with Crippen molar-refractivity contribution >= 4 is 21.6 Å². The second-order valence-corrected chi connectivity index (χ2v) is 5.09. The van der Waals surface area contributed by atoms with Crippen LogP contribution in [-0.2, 0) is 12.8 Å². The molecule has 0 aliphatic rings. The Morgan fingerprint density at radius 1 is 1.40 bits per heavy atom. The van der Waals surface area contributed by atoms with E-state index in [9.17, 15) is 4.39 Å². The molecule has 2 rings (SSSR count). The summed E-state index contributed by atoms with van der Waals surface area (Å²) in [6.07, 6.45) is 1.33. The first kappa shape index (κ1) is 14.5. The Morgan fingerprint density at radius 2 is 2.10 bits per heavy atom. The molecule has 0 atom stereocenters. The number of nitriles is 1. The van der Waals surface area contributed by atoms with Gasteiger partial charge in [-0.25, -0.2) is 9.07 Å². The molecule has 0 bridgehead atoms. The molecule has 0 aliphatic carbocycles. The zero-order valence-electron chi connectivity index (χ0n) is 11.2. The highest BCUT2D eigenvalue weighted by Gasteiger charge is 2.19. The summed E-state index contributed by atoms with van der Waals surface area (Å²) in [4.78, 5) is 0. The van der Waals surface area contributed by atoms with Gasteiger partial charge in [-0.3, -0.25) is 0 Å². The molecular formula is C14H14BrFN4. The second kappa shape index (κ2) is 5.63. The van der Waals surface area contributed by atoms with Gasteiger partial charge in [-0.05, 0) is 40.9 Å². The van der Waals surface area contributed by atoms with Crippen molar-refractivity contribution in [1.29, 1.82) is 5.26 Å². The SMILES string of the molecule is CCc1nn(-c2ccc(C#N)c(Br)c2F)c(CC)c1N. The van der Waals surface area contributed by atoms with Gasteiger partial charge in [0.15, 0.2) is 5.82 Å². The molecule has 1 heterocycles. The lowest BCUT2D eigenvalue weighted by Gasteiger charge is -2.09. The van der Waals surface area contributed by atoms with E-state index in [0.717, 1.165) is 11.4 Å². The third-order valence-electron chi connectivity index (χ3n) is 3.18. The maximum Gasteiger partial charge on any atom is 0.164 e. The summed E-state index contributed by atoms with van der Waals surface area (Å²) in [5, 5.41) is 13.3. The second-order valence-electron chi connectivity index (χ2n) is 4.30. The maximum absolute atomic E-state index is 14.4. The van der Waals surface area contributed by atoms with Gasteiger partial charge in [-0.2, -0.15) is 10.4 Å². The van der Waals surface area contributed by atoms with E-state index < -0.39 is 5.82 Å². The number of hydrogen-bond donors (Lipinski definition) is 1. The first-order valence-electron chi connectivity index (χ1n) is 6.29. The summed E-state index contributed by atoms with van der Waals surface area (Å²) in [5.74, 6) is -0.510. The molecule has 0 radical (unpaired) electrons. The number of hydrogen-bond acceptors (Lipinski definition) is 3. The van der Waals surface area contributed by atoms with Crippen LogP contribution < -0.4 is 5.73 Å². The summed E-state index contributed by atoms with van der Waals surface area (Å²) < 4.78 is 16.1. The summed E-state index contributed by atoms with van der Waals surface area (Å²) in [5.41, 5.74) is 8.71. The van der Waals surface area contributed by atoms with E-state index in [1.807, 2.05) is 19.9 Å². The summed E-state index contributed by atoms with van der Waals surface area (Å²) in [6.45, 7) is 3.90. The normalized spacial score (nSPS) is 10.6. The molecule has 0 fully saturated rings. The van der Waals surface area contributed by atoms with Crippen molar-refractivity contribution in [1.82, 2.24) is 9.78 Å². The lowest BCUT2D eigenvalue weighted by Crippen LogP contribution is -2.06. The van der Waals surface area contributed by atoms with E-state index in [0.29, 0.717) is 24.2 Å². The van der Waals surface area contributed by atoms with Gasteiger partial charge >= 0.3 is 0 Å². The van der Waals surface area contributed by atoms with Gasteiger partial charge in [0.25, 0.3) is 0 Å². The summed E-state index contributed by atoms with van der Waals surface area (Å²) >= 11 is 3.11. The number of nitrogen functional groups attached to an aromatic ring is 1. The van der Waals surface area contributed by atoms with Crippen LogP contribution >= 0.6 is 15.9 Å². The van der Waals surface area contributed by atoms with Crippen molar-refractivity contribution < 1.29 is 4.39 Å². The van der Waals surface area contributed by atoms with Gasteiger partial charge in [0.2, 0.25) is 0 Å². The molecule has 0 saturated heterocycles. The molecule has 2 N–H and O–H groups in total. The van der Waals surface area contributed by atoms with Gasteiger partial charge in [-0.15, -0.1) is 0 Å². The van der Waals surface area contributed by atoms with Crippen LogP contribution in [0.15, 0.2) is 16.6 Å². The van der Waals surface area contributed by atoms with Gasteiger partial charge in [-0.1, -0.05) is 13.8 Å². The quantitative estimate of drug-likeness (QED) is 0.934. The summed E-state index contributed by atoms with van der Waals surface area (Å²) in [6, 6.07) is 5.04. The van der Waals surface area contributed by atoms with E-state index in [4.69, 9.17) is 11.0 Å². The zero-order chi connectivity index (χ0) is 14.9. The molecule has 2 aromatic rings. The van der Waals surface area contributed by atoms with Crippen molar-refractivity contribution in [2.24, 2.45) is 0 Å². The van der Waals surface area contributed by atoms with E-state index in [2.05, 4.69) is 21.0 Å². The molecule has 0 amide bonds. The Hall–Kier alpha value is -1.87. The fraction of sp³-hybridized carbons (Fsp3) is 0.286. The van der Waals surface area contributed by atoms with Crippen LogP contribution in [0.3, 0.4) is 0 Å². The van der Waals surface area contributed by atoms with E-state index in [-0.39, 0.29) is 10.0 Å². The average molecular weight is 337 g/mol. The number of halogens is 2. The minimum Gasteiger partial charge on any atom is -0.396 e. The van der Waals surface area contributed by atoms with Crippen molar-refractivity contribution in [2.75, 3.05) is 5.73 Å². The lowest BCUT2D eigenvalue weighted by molar-refractivity contribution is 0.599. The average Bonchev–Trinajstić information content (AvgIpc) is 2.77. The molecule has 6 heteroatoms. The smallest absolute Gasteiger partial charge is 0.164 e. The zero-order valence-corrected chi connectivity index (χ0v) is 12.8. The molecular weight excluding hydrogens is 323 g/mol. The highest BCUT2D eigenvalue weighted by molar-refractivity contribution is 9.10. The van der Waals surface area contributed by atoms with Gasteiger partial charge in [0, 0.05) is 0 Å². The van der Waals surface area contributed by atoms with E-state index in [1.54, 1.807) is 12.1 Å². The Bertz CT molecular complexity index is 700. The van der Waals surface area contributed by atoms with Gasteiger partial charge in [0.1, 0.15) is 11.8 Å². The van der Waals surface area contributed by atoms with Crippen molar-refractivity contribution in [2.45, 2.75) is 26.7 Å². The number of aryl methyl sites for hydroxylation is 1.